The lowest BCUT2D eigenvalue weighted by Crippen LogP contribution is -2.01. The zero-order valence-electron chi connectivity index (χ0n) is 8.32. The van der Waals surface area contributed by atoms with E-state index in [2.05, 4.69) is 14.7 Å². The molecule has 0 saturated carbocycles. The van der Waals surface area contributed by atoms with Crippen molar-refractivity contribution in [2.45, 2.75) is 0 Å². The minimum absolute atomic E-state index is 0.579. The first-order chi connectivity index (χ1) is 7.79. The highest BCUT2D eigenvalue weighted by atomic mass is 32.2. The summed E-state index contributed by atoms with van der Waals surface area (Å²) in [5.74, 6) is 0. The van der Waals surface area contributed by atoms with Crippen LogP contribution < -0.4 is 4.72 Å². The summed E-state index contributed by atoms with van der Waals surface area (Å²) in [5.41, 5.74) is 0.579. The lowest BCUT2D eigenvalue weighted by Gasteiger charge is -2.06. The molecule has 0 aliphatic rings. The molecule has 1 aromatic heterocycles. The summed E-state index contributed by atoms with van der Waals surface area (Å²) >= 11 is -2.22. The van der Waals surface area contributed by atoms with Gasteiger partial charge in [0, 0.05) is 29.3 Å². The van der Waals surface area contributed by atoms with E-state index in [0.717, 1.165) is 0 Å². The van der Waals surface area contributed by atoms with E-state index in [1.807, 2.05) is 6.07 Å². The zero-order chi connectivity index (χ0) is 11.6. The molecule has 1 aromatic carbocycles. The van der Waals surface area contributed by atoms with Crippen molar-refractivity contribution in [2.24, 2.45) is 0 Å². The highest BCUT2D eigenvalue weighted by Gasteiger charge is 1.84. The lowest BCUT2D eigenvalue weighted by molar-refractivity contribution is 0.542. The Bertz CT molecular complexity index is 384. The molecule has 0 bridgehead atoms. The van der Waals surface area contributed by atoms with Gasteiger partial charge in [-0.15, -0.1) is 0 Å². The van der Waals surface area contributed by atoms with Gasteiger partial charge in [0.05, 0.1) is 0 Å². The van der Waals surface area contributed by atoms with Gasteiger partial charge >= 0.3 is 0 Å². The van der Waals surface area contributed by atoms with E-state index in [4.69, 9.17) is 0 Å². The van der Waals surface area contributed by atoms with Gasteiger partial charge in [0.15, 0.2) is 0 Å². The van der Waals surface area contributed by atoms with Crippen molar-refractivity contribution < 1.29 is 8.76 Å². The summed E-state index contributed by atoms with van der Waals surface area (Å²) in [5, 5.41) is 0. The number of nitrogens with one attached hydrogen (secondary N) is 1. The van der Waals surface area contributed by atoms with E-state index in [1.54, 1.807) is 42.7 Å². The maximum absolute atomic E-state index is 10.1. The van der Waals surface area contributed by atoms with Crippen LogP contribution in [0, 0.1) is 0 Å². The summed E-state index contributed by atoms with van der Waals surface area (Å²) < 4.78 is 22.3. The van der Waals surface area contributed by atoms with Crippen LogP contribution in [-0.4, -0.2) is 18.7 Å². The minimum atomic E-state index is -2.22. The molecule has 0 fully saturated rings. The fraction of sp³-hybridized carbons (Fsp3) is 0. The number of para-hydroxylation sites is 1. The van der Waals surface area contributed by atoms with Crippen molar-refractivity contribution in [3.8, 4) is 0 Å². The van der Waals surface area contributed by atoms with Gasteiger partial charge in [-0.05, 0) is 18.2 Å². The molecule has 2 rings (SSSR count). The highest BCUT2D eigenvalue weighted by molar-refractivity contribution is 7.80. The molecule has 0 spiro atoms. The van der Waals surface area contributed by atoms with Crippen molar-refractivity contribution in [3.63, 3.8) is 0 Å². The maximum Gasteiger partial charge on any atom is 0.115 e. The molecule has 1 atom stereocenters. The summed E-state index contributed by atoms with van der Waals surface area (Å²) in [7, 11) is 0. The van der Waals surface area contributed by atoms with E-state index in [0.29, 0.717) is 5.69 Å². The Morgan fingerprint density at radius 1 is 1.06 bits per heavy atom. The Balaban J connectivity index is 0.000000181. The minimum Gasteiger partial charge on any atom is -0.755 e. The van der Waals surface area contributed by atoms with Crippen LogP contribution in [-0.2, 0) is 11.3 Å². The van der Waals surface area contributed by atoms with E-state index in [9.17, 15) is 8.76 Å². The largest absolute Gasteiger partial charge is 0.755 e. The molecule has 2 aromatic rings. The van der Waals surface area contributed by atoms with Crippen molar-refractivity contribution in [3.05, 3.63) is 55.1 Å². The molecule has 0 saturated heterocycles. The second-order valence-corrected chi connectivity index (χ2v) is 3.28. The quantitative estimate of drug-likeness (QED) is 0.799. The first-order valence-corrected chi connectivity index (χ1v) is 5.47. The number of anilines is 1. The van der Waals surface area contributed by atoms with Crippen LogP contribution in [0.2, 0.25) is 0 Å². The topological polar surface area (TPSA) is 77.9 Å². The molecular formula is C10H10N3O2S-. The van der Waals surface area contributed by atoms with Crippen molar-refractivity contribution in [1.82, 2.24) is 9.97 Å². The maximum atomic E-state index is 10.1. The first kappa shape index (κ1) is 12.3. The van der Waals surface area contributed by atoms with E-state index in [-0.39, 0.29) is 0 Å². The molecule has 0 aliphatic carbocycles. The molecule has 6 heteroatoms. The number of benzene rings is 1. The number of hydrogen-bond donors (Lipinski definition) is 1. The molecule has 84 valence electrons. The molecule has 0 aliphatic heterocycles. The van der Waals surface area contributed by atoms with Gasteiger partial charge in [-0.2, -0.15) is 0 Å². The molecule has 1 unspecified atom stereocenters. The van der Waals surface area contributed by atoms with Gasteiger partial charge in [0.2, 0.25) is 0 Å². The van der Waals surface area contributed by atoms with Gasteiger partial charge in [-0.25, -0.2) is 9.97 Å². The Kier molecular flexibility index (Phi) is 5.75. The van der Waals surface area contributed by atoms with Gasteiger partial charge < -0.3 is 9.27 Å². The average molecular weight is 236 g/mol. The smallest absolute Gasteiger partial charge is 0.115 e. The predicted molar refractivity (Wildman–Crippen MR) is 61.0 cm³/mol. The number of hydrogen-bond acceptors (Lipinski definition) is 4. The van der Waals surface area contributed by atoms with E-state index >= 15 is 0 Å². The van der Waals surface area contributed by atoms with Gasteiger partial charge in [-0.3, -0.25) is 4.21 Å². The first-order valence-electron chi connectivity index (χ1n) is 4.40. The Labute approximate surface area is 96.0 Å². The van der Waals surface area contributed by atoms with Crippen LogP contribution >= 0.6 is 0 Å². The molecule has 0 radical (unpaired) electrons. The second kappa shape index (κ2) is 7.49. The summed E-state index contributed by atoms with van der Waals surface area (Å²) in [6.45, 7) is 0. The van der Waals surface area contributed by atoms with Crippen LogP contribution in [0.1, 0.15) is 0 Å². The number of aromatic nitrogens is 2. The van der Waals surface area contributed by atoms with E-state index < -0.39 is 11.3 Å². The molecule has 1 heterocycles. The van der Waals surface area contributed by atoms with Crippen LogP contribution in [0.3, 0.4) is 0 Å². The predicted octanol–water partition coefficient (Wildman–Crippen LogP) is 1.37. The molecular weight excluding hydrogens is 226 g/mol. The summed E-state index contributed by atoms with van der Waals surface area (Å²) in [6.07, 6.45) is 4.88. The molecule has 5 nitrogen and oxygen atoms in total. The fourth-order valence-electron chi connectivity index (χ4n) is 0.856. The van der Waals surface area contributed by atoms with Crippen molar-refractivity contribution >= 4 is 17.0 Å². The Hall–Kier alpha value is -1.79. The average Bonchev–Trinajstić information content (AvgIpc) is 2.32. The Morgan fingerprint density at radius 2 is 1.69 bits per heavy atom. The zero-order valence-corrected chi connectivity index (χ0v) is 9.13. The number of rotatable bonds is 2. The van der Waals surface area contributed by atoms with Gasteiger partial charge in [-0.1, -0.05) is 18.2 Å². The molecule has 1 N–H and O–H groups in total. The fourth-order valence-corrected chi connectivity index (χ4v) is 1.18. The van der Waals surface area contributed by atoms with Crippen molar-refractivity contribution in [1.29, 1.82) is 0 Å². The van der Waals surface area contributed by atoms with Gasteiger partial charge in [0.25, 0.3) is 0 Å². The van der Waals surface area contributed by atoms with E-state index in [1.165, 1.54) is 6.33 Å². The third-order valence-corrected chi connectivity index (χ3v) is 1.85. The van der Waals surface area contributed by atoms with Crippen LogP contribution in [0.4, 0.5) is 5.69 Å². The third kappa shape index (κ3) is 5.84. The number of nitrogens with zero attached hydrogens (tertiary/aromatic N) is 2. The second-order valence-electron chi connectivity index (χ2n) is 2.61. The highest BCUT2D eigenvalue weighted by Crippen LogP contribution is 2.04. The SMILES string of the molecule is O=S([O-])Nc1ccccc1.c1cncnc1. The summed E-state index contributed by atoms with van der Waals surface area (Å²) in [4.78, 5) is 7.35. The van der Waals surface area contributed by atoms with Crippen LogP contribution in [0.5, 0.6) is 0 Å². The standard InChI is InChI=1S/C6H7NO2S.C4H4N2/c8-10(9)7-6-4-2-1-3-5-6;1-2-5-4-6-3-1/h1-5,7H,(H,8,9);1-4H/p-1. The summed E-state index contributed by atoms with van der Waals surface area (Å²) in [6, 6.07) is 10.5. The van der Waals surface area contributed by atoms with Crippen LogP contribution in [0.15, 0.2) is 55.1 Å². The Morgan fingerprint density at radius 3 is 2.06 bits per heavy atom. The van der Waals surface area contributed by atoms with Crippen molar-refractivity contribution in [2.75, 3.05) is 4.72 Å². The normalized spacial score (nSPS) is 10.8. The van der Waals surface area contributed by atoms with Crippen LogP contribution in [0.25, 0.3) is 0 Å². The lowest BCUT2D eigenvalue weighted by atomic mass is 10.3. The monoisotopic (exact) mass is 236 g/mol. The van der Waals surface area contributed by atoms with Gasteiger partial charge in [0.1, 0.15) is 6.33 Å². The molecule has 16 heavy (non-hydrogen) atoms. The molecule has 0 amide bonds. The third-order valence-electron chi connectivity index (χ3n) is 1.45.